The van der Waals surface area contributed by atoms with Crippen LogP contribution in [0.2, 0.25) is 0 Å². The van der Waals surface area contributed by atoms with E-state index in [0.29, 0.717) is 18.1 Å². The molecule has 5 nitrogen and oxygen atoms in total. The Bertz CT molecular complexity index is 339. The highest BCUT2D eigenvalue weighted by Gasteiger charge is 2.19. The van der Waals surface area contributed by atoms with Gasteiger partial charge in [0.05, 0.1) is 11.7 Å². The van der Waals surface area contributed by atoms with E-state index in [1.54, 1.807) is 0 Å². The summed E-state index contributed by atoms with van der Waals surface area (Å²) in [5.41, 5.74) is 0.469. The fourth-order valence-electron chi connectivity index (χ4n) is 1.69. The van der Waals surface area contributed by atoms with Crippen LogP contribution in [0.15, 0.2) is 12.4 Å². The minimum atomic E-state index is -0.298. The molecule has 0 spiro atoms. The number of hydrogen-bond acceptors (Lipinski definition) is 5. The van der Waals surface area contributed by atoms with Crippen LogP contribution in [0.5, 0.6) is 0 Å². The van der Waals surface area contributed by atoms with Gasteiger partial charge in [-0.2, -0.15) is 0 Å². The Morgan fingerprint density at radius 2 is 2.20 bits per heavy atom. The first-order chi connectivity index (χ1) is 7.29. The van der Waals surface area contributed by atoms with Crippen LogP contribution < -0.4 is 4.90 Å². The van der Waals surface area contributed by atoms with E-state index in [2.05, 4.69) is 9.97 Å². The van der Waals surface area contributed by atoms with Crippen molar-refractivity contribution >= 4 is 12.2 Å². The van der Waals surface area contributed by atoms with Gasteiger partial charge in [-0.15, -0.1) is 0 Å². The van der Waals surface area contributed by atoms with Crippen LogP contribution in [0.1, 0.15) is 23.2 Å². The number of β-amino-alcohol motifs (C(OH)–C–C–N with tert-alkyl or cyclic N) is 1. The lowest BCUT2D eigenvalue weighted by atomic mass is 10.1. The number of aldehydes is 1. The molecule has 0 amide bonds. The van der Waals surface area contributed by atoms with Crippen molar-refractivity contribution in [3.05, 3.63) is 18.0 Å². The topological polar surface area (TPSA) is 66.3 Å². The van der Waals surface area contributed by atoms with Crippen LogP contribution in [0.3, 0.4) is 0 Å². The molecule has 0 bridgehead atoms. The second-order valence-corrected chi connectivity index (χ2v) is 3.68. The quantitative estimate of drug-likeness (QED) is 0.704. The van der Waals surface area contributed by atoms with Gasteiger partial charge in [-0.3, -0.25) is 4.79 Å². The average molecular weight is 207 g/mol. The van der Waals surface area contributed by atoms with Gasteiger partial charge in [0.1, 0.15) is 0 Å². The minimum Gasteiger partial charge on any atom is -0.391 e. The monoisotopic (exact) mass is 207 g/mol. The van der Waals surface area contributed by atoms with Crippen LogP contribution in [0, 0.1) is 0 Å². The molecule has 1 aromatic heterocycles. The summed E-state index contributed by atoms with van der Waals surface area (Å²) in [4.78, 5) is 20.5. The van der Waals surface area contributed by atoms with Gasteiger partial charge in [-0.05, 0) is 12.8 Å². The van der Waals surface area contributed by atoms with E-state index < -0.39 is 0 Å². The van der Waals surface area contributed by atoms with Gasteiger partial charge in [0.15, 0.2) is 6.29 Å². The maximum atomic E-state index is 10.4. The normalized spacial score (nSPS) is 21.4. The molecule has 5 heteroatoms. The van der Waals surface area contributed by atoms with E-state index in [-0.39, 0.29) is 6.10 Å². The largest absolute Gasteiger partial charge is 0.391 e. The van der Waals surface area contributed by atoms with E-state index >= 15 is 0 Å². The predicted octanol–water partition coefficient (Wildman–Crippen LogP) is 0.250. The number of piperidine rings is 1. The molecular formula is C10H13N3O2. The summed E-state index contributed by atoms with van der Waals surface area (Å²) in [6.07, 6.45) is 5.19. The first-order valence-corrected chi connectivity index (χ1v) is 5.00. The highest BCUT2D eigenvalue weighted by Crippen LogP contribution is 2.15. The third-order valence-electron chi connectivity index (χ3n) is 2.47. The summed E-state index contributed by atoms with van der Waals surface area (Å²) in [7, 11) is 0. The highest BCUT2D eigenvalue weighted by molar-refractivity contribution is 5.73. The number of rotatable bonds is 2. The molecule has 80 valence electrons. The number of carbonyl (C=O) groups is 1. The Hall–Kier alpha value is -1.49. The van der Waals surface area contributed by atoms with Gasteiger partial charge >= 0.3 is 0 Å². The lowest BCUT2D eigenvalue weighted by molar-refractivity contribution is 0.112. The smallest absolute Gasteiger partial charge is 0.225 e. The number of carbonyl (C=O) groups excluding carboxylic acids is 1. The third kappa shape index (κ3) is 2.30. The number of anilines is 1. The van der Waals surface area contributed by atoms with Gasteiger partial charge in [0.25, 0.3) is 0 Å². The van der Waals surface area contributed by atoms with Crippen molar-refractivity contribution in [2.24, 2.45) is 0 Å². The predicted molar refractivity (Wildman–Crippen MR) is 54.9 cm³/mol. The second kappa shape index (κ2) is 4.35. The van der Waals surface area contributed by atoms with Crippen LogP contribution in [-0.2, 0) is 0 Å². The van der Waals surface area contributed by atoms with Gasteiger partial charge in [0.2, 0.25) is 5.95 Å². The van der Waals surface area contributed by atoms with E-state index in [0.717, 1.165) is 25.7 Å². The number of aliphatic hydroxyl groups is 1. The van der Waals surface area contributed by atoms with E-state index in [1.807, 2.05) is 4.90 Å². The lowest BCUT2D eigenvalue weighted by Gasteiger charge is -2.29. The Morgan fingerprint density at radius 1 is 1.47 bits per heavy atom. The Labute approximate surface area is 87.8 Å². The van der Waals surface area contributed by atoms with Crippen molar-refractivity contribution in [3.8, 4) is 0 Å². The van der Waals surface area contributed by atoms with E-state index in [4.69, 9.17) is 0 Å². The first kappa shape index (κ1) is 10.0. The SMILES string of the molecule is O=Cc1cnc(N2CCCC(O)C2)nc1. The Morgan fingerprint density at radius 3 is 2.80 bits per heavy atom. The Balaban J connectivity index is 2.11. The van der Waals surface area contributed by atoms with Gasteiger partial charge in [0, 0.05) is 25.5 Å². The summed E-state index contributed by atoms with van der Waals surface area (Å²) in [6.45, 7) is 1.43. The molecule has 2 heterocycles. The highest BCUT2D eigenvalue weighted by atomic mass is 16.3. The molecule has 1 saturated heterocycles. The molecule has 1 aliphatic heterocycles. The molecule has 1 aliphatic rings. The zero-order valence-electron chi connectivity index (χ0n) is 8.33. The molecule has 1 unspecified atom stereocenters. The van der Waals surface area contributed by atoms with E-state index in [1.165, 1.54) is 12.4 Å². The van der Waals surface area contributed by atoms with Crippen molar-refractivity contribution in [1.82, 2.24) is 9.97 Å². The maximum Gasteiger partial charge on any atom is 0.225 e. The fraction of sp³-hybridized carbons (Fsp3) is 0.500. The van der Waals surface area contributed by atoms with Crippen LogP contribution in [0.25, 0.3) is 0 Å². The van der Waals surface area contributed by atoms with E-state index in [9.17, 15) is 9.90 Å². The number of aliphatic hydroxyl groups excluding tert-OH is 1. The Kier molecular flexibility index (Phi) is 2.91. The lowest BCUT2D eigenvalue weighted by Crippen LogP contribution is -2.39. The molecule has 0 aromatic carbocycles. The van der Waals surface area contributed by atoms with Crippen LogP contribution >= 0.6 is 0 Å². The van der Waals surface area contributed by atoms with Crippen LogP contribution in [0.4, 0.5) is 5.95 Å². The number of nitrogens with zero attached hydrogens (tertiary/aromatic N) is 3. The van der Waals surface area contributed by atoms with Crippen molar-refractivity contribution in [2.45, 2.75) is 18.9 Å². The van der Waals surface area contributed by atoms with Crippen molar-refractivity contribution < 1.29 is 9.90 Å². The molecule has 0 saturated carbocycles. The molecule has 1 N–H and O–H groups in total. The molecule has 2 rings (SSSR count). The van der Waals surface area contributed by atoms with Gasteiger partial charge in [-0.25, -0.2) is 9.97 Å². The summed E-state index contributed by atoms with van der Waals surface area (Å²) in [5.74, 6) is 0.583. The average Bonchev–Trinajstić information content (AvgIpc) is 2.29. The maximum absolute atomic E-state index is 10.4. The third-order valence-corrected chi connectivity index (χ3v) is 2.47. The first-order valence-electron chi connectivity index (χ1n) is 5.00. The number of hydrogen-bond donors (Lipinski definition) is 1. The molecule has 0 aliphatic carbocycles. The molecule has 1 fully saturated rings. The summed E-state index contributed by atoms with van der Waals surface area (Å²) in [6, 6.07) is 0. The fourth-order valence-corrected chi connectivity index (χ4v) is 1.69. The summed E-state index contributed by atoms with van der Waals surface area (Å²) < 4.78 is 0. The second-order valence-electron chi connectivity index (χ2n) is 3.68. The summed E-state index contributed by atoms with van der Waals surface area (Å²) in [5, 5.41) is 9.49. The van der Waals surface area contributed by atoms with Crippen LogP contribution in [-0.4, -0.2) is 40.6 Å². The van der Waals surface area contributed by atoms with Crippen molar-refractivity contribution in [2.75, 3.05) is 18.0 Å². The zero-order chi connectivity index (χ0) is 10.7. The molecule has 1 aromatic rings. The standard InChI is InChI=1S/C10H13N3O2/c14-7-8-4-11-10(12-5-8)13-3-1-2-9(15)6-13/h4-5,7,9,15H,1-3,6H2. The number of aromatic nitrogens is 2. The minimum absolute atomic E-state index is 0.298. The summed E-state index contributed by atoms with van der Waals surface area (Å²) >= 11 is 0. The van der Waals surface area contributed by atoms with Crippen molar-refractivity contribution in [1.29, 1.82) is 0 Å². The molecule has 15 heavy (non-hydrogen) atoms. The van der Waals surface area contributed by atoms with Gasteiger partial charge in [-0.1, -0.05) is 0 Å². The van der Waals surface area contributed by atoms with Gasteiger partial charge < -0.3 is 10.0 Å². The molecule has 0 radical (unpaired) electrons. The van der Waals surface area contributed by atoms with Crippen molar-refractivity contribution in [3.63, 3.8) is 0 Å². The molecular weight excluding hydrogens is 194 g/mol. The molecule has 1 atom stereocenters. The zero-order valence-corrected chi connectivity index (χ0v) is 8.33.